The first-order chi connectivity index (χ1) is 16.9. The zero-order chi connectivity index (χ0) is 24.9. The van der Waals surface area contributed by atoms with Crippen LogP contribution in [-0.4, -0.2) is 43.8 Å². The number of aryl methyl sites for hydroxylation is 1. The smallest absolute Gasteiger partial charge is 0.254 e. The summed E-state index contributed by atoms with van der Waals surface area (Å²) >= 11 is 1.37. The molecule has 1 unspecified atom stereocenters. The molecule has 1 saturated heterocycles. The number of hydrogen-bond acceptors (Lipinski definition) is 5. The number of nitrogens with zero attached hydrogens (tertiary/aromatic N) is 4. The molecule has 0 spiro atoms. The molecule has 1 N–H and O–H groups in total. The van der Waals surface area contributed by atoms with Crippen LogP contribution in [0.3, 0.4) is 0 Å². The first-order valence-corrected chi connectivity index (χ1v) is 13.2. The summed E-state index contributed by atoms with van der Waals surface area (Å²) in [7, 11) is 0. The minimum absolute atomic E-state index is 0.0268. The molecule has 4 rings (SSSR count). The second-order valence-electron chi connectivity index (χ2n) is 9.22. The van der Waals surface area contributed by atoms with Crippen LogP contribution in [0.2, 0.25) is 0 Å². The Kier molecular flexibility index (Phi) is 7.90. The van der Waals surface area contributed by atoms with Crippen molar-refractivity contribution < 1.29 is 9.59 Å². The van der Waals surface area contributed by atoms with Crippen molar-refractivity contribution in [1.29, 1.82) is 0 Å². The van der Waals surface area contributed by atoms with Crippen LogP contribution in [0.25, 0.3) is 0 Å². The van der Waals surface area contributed by atoms with Gasteiger partial charge >= 0.3 is 0 Å². The van der Waals surface area contributed by atoms with Gasteiger partial charge < -0.3 is 14.8 Å². The molecule has 1 atom stereocenters. The molecule has 0 aliphatic carbocycles. The van der Waals surface area contributed by atoms with Crippen LogP contribution in [0.4, 0.5) is 5.69 Å². The Morgan fingerprint density at radius 1 is 1.14 bits per heavy atom. The quantitative estimate of drug-likeness (QED) is 0.425. The van der Waals surface area contributed by atoms with Gasteiger partial charge in [-0.2, -0.15) is 0 Å². The number of amides is 2. The van der Waals surface area contributed by atoms with E-state index in [1.165, 1.54) is 17.3 Å². The maximum absolute atomic E-state index is 13.2. The predicted octanol–water partition coefficient (Wildman–Crippen LogP) is 5.44. The number of carbonyl (C=O) groups excluding carboxylic acids is 2. The molecule has 0 bridgehead atoms. The Balaban J connectivity index is 1.43. The van der Waals surface area contributed by atoms with Crippen molar-refractivity contribution in [2.75, 3.05) is 17.6 Å². The van der Waals surface area contributed by atoms with Crippen LogP contribution in [0.1, 0.15) is 72.9 Å². The molecule has 3 aromatic rings. The number of carbonyl (C=O) groups is 2. The number of aromatic nitrogens is 3. The van der Waals surface area contributed by atoms with Gasteiger partial charge in [-0.15, -0.1) is 10.2 Å². The largest absolute Gasteiger partial charge is 0.328 e. The number of hydrogen-bond donors (Lipinski definition) is 1. The zero-order valence-electron chi connectivity index (χ0n) is 20.8. The van der Waals surface area contributed by atoms with E-state index < -0.39 is 0 Å². The minimum atomic E-state index is -0.113. The van der Waals surface area contributed by atoms with Crippen LogP contribution >= 0.6 is 11.8 Å². The molecule has 1 fully saturated rings. The van der Waals surface area contributed by atoms with E-state index in [1.54, 1.807) is 0 Å². The van der Waals surface area contributed by atoms with Crippen molar-refractivity contribution in [2.24, 2.45) is 0 Å². The fourth-order valence-electron chi connectivity index (χ4n) is 4.45. The molecule has 35 heavy (non-hydrogen) atoms. The minimum Gasteiger partial charge on any atom is -0.328 e. The Morgan fingerprint density at radius 3 is 2.60 bits per heavy atom. The lowest BCUT2D eigenvalue weighted by molar-refractivity contribution is -0.113. The summed E-state index contributed by atoms with van der Waals surface area (Å²) in [5, 5.41) is 12.5. The van der Waals surface area contributed by atoms with Gasteiger partial charge in [0, 0.05) is 24.3 Å². The average molecular weight is 492 g/mol. The van der Waals surface area contributed by atoms with E-state index in [2.05, 4.69) is 29.4 Å². The van der Waals surface area contributed by atoms with E-state index in [9.17, 15) is 9.59 Å². The Morgan fingerprint density at radius 2 is 1.91 bits per heavy atom. The third-order valence-corrected chi connectivity index (χ3v) is 7.30. The zero-order valence-corrected chi connectivity index (χ0v) is 21.6. The number of likely N-dealkylation sites (tertiary alicyclic amines) is 1. The van der Waals surface area contributed by atoms with Gasteiger partial charge in [0.05, 0.1) is 11.8 Å². The lowest BCUT2D eigenvalue weighted by Gasteiger charge is -2.24. The van der Waals surface area contributed by atoms with Crippen LogP contribution < -0.4 is 5.32 Å². The Labute approximate surface area is 211 Å². The standard InChI is InChI=1S/C27H33N5O2S/c1-5-31-25(23-10-7-15-32(23)26(34)21-9-6-8-19(4)16-21)29-30-27(31)35-17-24(33)28-22-13-11-20(12-14-22)18(2)3/h6,8-9,11-14,16,18,23H,5,7,10,15,17H2,1-4H3,(H,28,33). The average Bonchev–Trinajstić information content (AvgIpc) is 3.49. The van der Waals surface area contributed by atoms with Crippen molar-refractivity contribution in [3.8, 4) is 0 Å². The van der Waals surface area contributed by atoms with Gasteiger partial charge in [-0.1, -0.05) is 55.4 Å². The van der Waals surface area contributed by atoms with Crippen LogP contribution in [0.15, 0.2) is 53.7 Å². The van der Waals surface area contributed by atoms with Gasteiger partial charge in [0.1, 0.15) is 0 Å². The molecule has 8 heteroatoms. The van der Waals surface area contributed by atoms with Crippen molar-refractivity contribution in [3.05, 3.63) is 71.0 Å². The van der Waals surface area contributed by atoms with Crippen molar-refractivity contribution >= 4 is 29.3 Å². The van der Waals surface area contributed by atoms with E-state index >= 15 is 0 Å². The number of rotatable bonds is 8. The molecule has 184 valence electrons. The summed E-state index contributed by atoms with van der Waals surface area (Å²) in [6.07, 6.45) is 1.78. The highest BCUT2D eigenvalue weighted by Gasteiger charge is 2.34. The SMILES string of the molecule is CCn1c(SCC(=O)Nc2ccc(C(C)C)cc2)nnc1C1CCCN1C(=O)c1cccc(C)c1. The van der Waals surface area contributed by atoms with E-state index in [1.807, 2.05) is 71.8 Å². The van der Waals surface area contributed by atoms with Gasteiger partial charge in [-0.05, 0) is 62.4 Å². The third-order valence-electron chi connectivity index (χ3n) is 6.33. The third kappa shape index (κ3) is 5.75. The van der Waals surface area contributed by atoms with Crippen molar-refractivity contribution in [3.63, 3.8) is 0 Å². The number of nitrogens with one attached hydrogen (secondary N) is 1. The summed E-state index contributed by atoms with van der Waals surface area (Å²) in [6, 6.07) is 15.5. The monoisotopic (exact) mass is 491 g/mol. The fourth-order valence-corrected chi connectivity index (χ4v) is 5.26. The van der Waals surface area contributed by atoms with Gasteiger partial charge in [-0.3, -0.25) is 9.59 Å². The van der Waals surface area contributed by atoms with E-state index in [0.717, 1.165) is 29.9 Å². The molecule has 7 nitrogen and oxygen atoms in total. The topological polar surface area (TPSA) is 80.1 Å². The van der Waals surface area contributed by atoms with E-state index in [-0.39, 0.29) is 23.6 Å². The Bertz CT molecular complexity index is 1190. The van der Waals surface area contributed by atoms with Gasteiger partial charge in [0.2, 0.25) is 5.91 Å². The van der Waals surface area contributed by atoms with E-state index in [0.29, 0.717) is 29.7 Å². The lowest BCUT2D eigenvalue weighted by Crippen LogP contribution is -2.32. The summed E-state index contributed by atoms with van der Waals surface area (Å²) in [5.41, 5.74) is 3.79. The van der Waals surface area contributed by atoms with Crippen LogP contribution in [0, 0.1) is 6.92 Å². The molecular weight excluding hydrogens is 458 g/mol. The summed E-state index contributed by atoms with van der Waals surface area (Å²) in [5.74, 6) is 1.42. The molecular formula is C27H33N5O2S. The lowest BCUT2D eigenvalue weighted by atomic mass is 10.0. The second-order valence-corrected chi connectivity index (χ2v) is 10.2. The second kappa shape index (κ2) is 11.1. The number of benzene rings is 2. The molecule has 2 aromatic carbocycles. The van der Waals surface area contributed by atoms with Crippen LogP contribution in [-0.2, 0) is 11.3 Å². The van der Waals surface area contributed by atoms with Gasteiger partial charge in [0.15, 0.2) is 11.0 Å². The van der Waals surface area contributed by atoms with Crippen molar-refractivity contribution in [2.45, 2.75) is 64.2 Å². The molecule has 2 heterocycles. The summed E-state index contributed by atoms with van der Waals surface area (Å²) in [4.78, 5) is 27.7. The molecule has 1 aliphatic rings. The number of anilines is 1. The summed E-state index contributed by atoms with van der Waals surface area (Å²) in [6.45, 7) is 9.69. The first kappa shape index (κ1) is 25.0. The molecule has 0 saturated carbocycles. The number of thioether (sulfide) groups is 1. The summed E-state index contributed by atoms with van der Waals surface area (Å²) < 4.78 is 2.03. The first-order valence-electron chi connectivity index (χ1n) is 12.2. The fraction of sp³-hybridized carbons (Fsp3) is 0.407. The Hall–Kier alpha value is -3.13. The molecule has 2 amide bonds. The van der Waals surface area contributed by atoms with Gasteiger partial charge in [0.25, 0.3) is 5.91 Å². The van der Waals surface area contributed by atoms with Crippen LogP contribution in [0.5, 0.6) is 0 Å². The van der Waals surface area contributed by atoms with E-state index in [4.69, 9.17) is 0 Å². The maximum atomic E-state index is 13.2. The molecule has 0 radical (unpaired) electrons. The van der Waals surface area contributed by atoms with Crippen molar-refractivity contribution in [1.82, 2.24) is 19.7 Å². The molecule has 1 aliphatic heterocycles. The molecule has 1 aromatic heterocycles. The predicted molar refractivity (Wildman–Crippen MR) is 140 cm³/mol. The highest BCUT2D eigenvalue weighted by molar-refractivity contribution is 7.99. The normalized spacial score (nSPS) is 15.6. The maximum Gasteiger partial charge on any atom is 0.254 e. The van der Waals surface area contributed by atoms with Gasteiger partial charge in [-0.25, -0.2) is 0 Å². The highest BCUT2D eigenvalue weighted by atomic mass is 32.2. The highest BCUT2D eigenvalue weighted by Crippen LogP contribution is 2.34.